The number of piperidine rings is 1. The Labute approximate surface area is 172 Å². The number of rotatable bonds is 2. The van der Waals surface area contributed by atoms with Crippen LogP contribution in [-0.4, -0.2) is 88.9 Å². The van der Waals surface area contributed by atoms with E-state index in [2.05, 4.69) is 5.32 Å². The summed E-state index contributed by atoms with van der Waals surface area (Å²) >= 11 is 1.64. The van der Waals surface area contributed by atoms with Crippen molar-refractivity contribution >= 4 is 41.9 Å². The zero-order valence-corrected chi connectivity index (χ0v) is 18.0. The van der Waals surface area contributed by atoms with Crippen molar-refractivity contribution in [1.82, 2.24) is 20.0 Å². The van der Waals surface area contributed by atoms with Crippen molar-refractivity contribution in [2.45, 2.75) is 45.7 Å². The highest BCUT2D eigenvalue weighted by Gasteiger charge is 2.42. The average molecular weight is 419 g/mol. The van der Waals surface area contributed by atoms with Crippen molar-refractivity contribution < 1.29 is 14.4 Å². The molecule has 0 bridgehead atoms. The Morgan fingerprint density at radius 1 is 1.22 bits per heavy atom. The van der Waals surface area contributed by atoms with Gasteiger partial charge in [-0.1, -0.05) is 20.8 Å². The Balaban J connectivity index is 0.00000261. The highest BCUT2D eigenvalue weighted by Crippen LogP contribution is 2.29. The zero-order valence-electron chi connectivity index (χ0n) is 16.4. The lowest BCUT2D eigenvalue weighted by atomic mass is 9.94. The van der Waals surface area contributed by atoms with E-state index in [0.29, 0.717) is 37.8 Å². The standard InChI is InChI=1S/C18H30N4O3S.ClH/c1-18(2,3)17(25)22-12-26-11-14(22)16(24)20-7-4-5-13(10-20)21-8-6-19-9-15(21)23;/h13-14,19H,4-12H2,1-3H3;1H. The van der Waals surface area contributed by atoms with E-state index in [1.54, 1.807) is 16.7 Å². The number of carbonyl (C=O) groups is 3. The van der Waals surface area contributed by atoms with Crippen molar-refractivity contribution in [3.05, 3.63) is 0 Å². The first-order valence-corrected chi connectivity index (χ1v) is 10.6. The number of halogens is 1. The molecule has 9 heteroatoms. The number of carbonyl (C=O) groups excluding carboxylic acids is 3. The summed E-state index contributed by atoms with van der Waals surface area (Å²) in [7, 11) is 0. The second-order valence-electron chi connectivity index (χ2n) is 8.38. The fraction of sp³-hybridized carbons (Fsp3) is 0.833. The summed E-state index contributed by atoms with van der Waals surface area (Å²) in [5, 5.41) is 3.10. The first kappa shape index (κ1) is 22.3. The van der Waals surface area contributed by atoms with Crippen LogP contribution in [-0.2, 0) is 14.4 Å². The highest BCUT2D eigenvalue weighted by molar-refractivity contribution is 7.99. The molecular weight excluding hydrogens is 388 g/mol. The maximum absolute atomic E-state index is 13.2. The van der Waals surface area contributed by atoms with E-state index in [1.807, 2.05) is 30.6 Å². The molecule has 2 atom stereocenters. The number of hydrogen-bond acceptors (Lipinski definition) is 5. The topological polar surface area (TPSA) is 73.0 Å². The van der Waals surface area contributed by atoms with Crippen LogP contribution in [0.1, 0.15) is 33.6 Å². The summed E-state index contributed by atoms with van der Waals surface area (Å²) < 4.78 is 0. The van der Waals surface area contributed by atoms with Crippen molar-refractivity contribution in [3.63, 3.8) is 0 Å². The van der Waals surface area contributed by atoms with E-state index >= 15 is 0 Å². The first-order chi connectivity index (χ1) is 12.3. The van der Waals surface area contributed by atoms with E-state index in [9.17, 15) is 14.4 Å². The molecule has 0 aromatic heterocycles. The maximum atomic E-state index is 13.2. The van der Waals surface area contributed by atoms with E-state index in [4.69, 9.17) is 0 Å². The van der Waals surface area contributed by atoms with Gasteiger partial charge in [0.05, 0.1) is 12.4 Å². The number of hydrogen-bond donors (Lipinski definition) is 1. The van der Waals surface area contributed by atoms with Crippen LogP contribution in [0.15, 0.2) is 0 Å². The third-order valence-electron chi connectivity index (χ3n) is 5.34. The van der Waals surface area contributed by atoms with Crippen molar-refractivity contribution in [2.75, 3.05) is 44.4 Å². The number of nitrogens with zero attached hydrogens (tertiary/aromatic N) is 3. The summed E-state index contributed by atoms with van der Waals surface area (Å²) in [4.78, 5) is 43.6. The molecule has 0 saturated carbocycles. The predicted octanol–water partition coefficient (Wildman–Crippen LogP) is 0.779. The van der Waals surface area contributed by atoms with Crippen LogP contribution in [0.4, 0.5) is 0 Å². The smallest absolute Gasteiger partial charge is 0.246 e. The van der Waals surface area contributed by atoms with Crippen molar-refractivity contribution in [2.24, 2.45) is 5.41 Å². The summed E-state index contributed by atoms with van der Waals surface area (Å²) in [6, 6.07) is -0.271. The number of piperazine rings is 1. The number of thioether (sulfide) groups is 1. The van der Waals surface area contributed by atoms with Crippen LogP contribution in [0.3, 0.4) is 0 Å². The largest absolute Gasteiger partial charge is 0.339 e. The second-order valence-corrected chi connectivity index (χ2v) is 9.38. The highest BCUT2D eigenvalue weighted by atomic mass is 35.5. The van der Waals surface area contributed by atoms with E-state index in [1.165, 1.54) is 0 Å². The average Bonchev–Trinajstić information content (AvgIpc) is 3.09. The molecule has 1 N–H and O–H groups in total. The molecule has 2 unspecified atom stereocenters. The molecule has 0 spiro atoms. The van der Waals surface area contributed by atoms with Gasteiger partial charge in [-0.2, -0.15) is 0 Å². The molecule has 0 radical (unpaired) electrons. The first-order valence-electron chi connectivity index (χ1n) is 9.47. The lowest BCUT2D eigenvalue weighted by Gasteiger charge is -2.42. The Bertz CT molecular complexity index is 583. The zero-order chi connectivity index (χ0) is 18.9. The molecule has 3 aliphatic heterocycles. The number of amides is 3. The molecule has 3 fully saturated rings. The normalized spacial score (nSPS) is 26.8. The molecule has 7 nitrogen and oxygen atoms in total. The third kappa shape index (κ3) is 4.90. The van der Waals surface area contributed by atoms with Gasteiger partial charge in [-0.05, 0) is 12.8 Å². The second kappa shape index (κ2) is 9.01. The Kier molecular flexibility index (Phi) is 7.44. The predicted molar refractivity (Wildman–Crippen MR) is 109 cm³/mol. The van der Waals surface area contributed by atoms with Gasteiger partial charge in [-0.15, -0.1) is 24.2 Å². The Morgan fingerprint density at radius 2 is 1.96 bits per heavy atom. The lowest BCUT2D eigenvalue weighted by Crippen LogP contribution is -2.59. The van der Waals surface area contributed by atoms with Crippen LogP contribution in [0.5, 0.6) is 0 Å². The van der Waals surface area contributed by atoms with Crippen LogP contribution in [0.2, 0.25) is 0 Å². The van der Waals surface area contributed by atoms with E-state index < -0.39 is 5.41 Å². The SMILES string of the molecule is CC(C)(C)C(=O)N1CSCC1C(=O)N1CCCC(N2CCNCC2=O)C1.Cl. The van der Waals surface area contributed by atoms with Gasteiger partial charge in [-0.3, -0.25) is 14.4 Å². The lowest BCUT2D eigenvalue weighted by molar-refractivity contribution is -0.149. The van der Waals surface area contributed by atoms with E-state index in [-0.39, 0.29) is 42.2 Å². The van der Waals surface area contributed by atoms with Gasteiger partial charge in [0.15, 0.2) is 0 Å². The van der Waals surface area contributed by atoms with Gasteiger partial charge in [0, 0.05) is 43.4 Å². The maximum Gasteiger partial charge on any atom is 0.246 e. The van der Waals surface area contributed by atoms with Crippen molar-refractivity contribution in [3.8, 4) is 0 Å². The van der Waals surface area contributed by atoms with Gasteiger partial charge in [-0.25, -0.2) is 0 Å². The van der Waals surface area contributed by atoms with Crippen LogP contribution < -0.4 is 5.32 Å². The fourth-order valence-corrected chi connectivity index (χ4v) is 5.05. The summed E-state index contributed by atoms with van der Waals surface area (Å²) in [5.41, 5.74) is -0.485. The molecule has 3 heterocycles. The molecule has 3 amide bonds. The fourth-order valence-electron chi connectivity index (χ4n) is 3.91. The van der Waals surface area contributed by atoms with Gasteiger partial charge in [0.2, 0.25) is 17.7 Å². The number of likely N-dealkylation sites (tertiary alicyclic amines) is 1. The van der Waals surface area contributed by atoms with Crippen molar-refractivity contribution in [1.29, 1.82) is 0 Å². The van der Waals surface area contributed by atoms with Gasteiger partial charge >= 0.3 is 0 Å². The minimum Gasteiger partial charge on any atom is -0.339 e. The summed E-state index contributed by atoms with van der Waals surface area (Å²) in [5.74, 6) is 1.44. The quantitative estimate of drug-likeness (QED) is 0.717. The Hall–Kier alpha value is -0.990. The molecule has 3 aliphatic rings. The van der Waals surface area contributed by atoms with E-state index in [0.717, 1.165) is 19.4 Å². The van der Waals surface area contributed by atoms with Crippen LogP contribution >= 0.6 is 24.2 Å². The monoisotopic (exact) mass is 418 g/mol. The molecular formula is C18H31ClN4O3S. The molecule has 27 heavy (non-hydrogen) atoms. The molecule has 0 aromatic rings. The van der Waals surface area contributed by atoms with Gasteiger partial charge < -0.3 is 20.0 Å². The van der Waals surface area contributed by atoms with Gasteiger partial charge in [0.25, 0.3) is 0 Å². The minimum absolute atomic E-state index is 0. The molecule has 3 rings (SSSR count). The molecule has 3 saturated heterocycles. The van der Waals surface area contributed by atoms with Crippen LogP contribution in [0, 0.1) is 5.41 Å². The summed E-state index contributed by atoms with van der Waals surface area (Å²) in [6.45, 7) is 8.89. The Morgan fingerprint density at radius 3 is 2.63 bits per heavy atom. The van der Waals surface area contributed by atoms with Gasteiger partial charge in [0.1, 0.15) is 6.04 Å². The third-order valence-corrected chi connectivity index (χ3v) is 6.36. The minimum atomic E-state index is -0.485. The molecule has 154 valence electrons. The molecule has 0 aromatic carbocycles. The number of nitrogens with one attached hydrogen (secondary N) is 1. The van der Waals surface area contributed by atoms with Crippen LogP contribution in [0.25, 0.3) is 0 Å². The molecule has 0 aliphatic carbocycles. The summed E-state index contributed by atoms with van der Waals surface area (Å²) in [6.07, 6.45) is 1.85.